The van der Waals surface area contributed by atoms with E-state index in [1.165, 1.54) is 13.8 Å². The molecule has 0 amide bonds. The van der Waals surface area contributed by atoms with Gasteiger partial charge in [-0.2, -0.15) is 8.42 Å². The summed E-state index contributed by atoms with van der Waals surface area (Å²) in [6.07, 6.45) is 0. The van der Waals surface area contributed by atoms with E-state index in [0.29, 0.717) is 0 Å². The Balaban J connectivity index is 4.35. The summed E-state index contributed by atoms with van der Waals surface area (Å²) in [4.78, 5) is 9.12. The van der Waals surface area contributed by atoms with Gasteiger partial charge in [-0.3, -0.25) is 4.55 Å². The van der Waals surface area contributed by atoms with Crippen LogP contribution in [-0.4, -0.2) is 23.8 Å². The molecule has 0 bridgehead atoms. The molecule has 1 N–H and O–H groups in total. The lowest BCUT2D eigenvalue weighted by Crippen LogP contribution is -2.29. The summed E-state index contributed by atoms with van der Waals surface area (Å²) in [6, 6.07) is 0. The van der Waals surface area contributed by atoms with Gasteiger partial charge in [-0.05, 0) is 13.8 Å². The molecule has 0 aromatic rings. The molecule has 0 aromatic heterocycles. The average molecular weight is 203 g/mol. The third-order valence-corrected chi connectivity index (χ3v) is 1.18. The van der Waals surface area contributed by atoms with Gasteiger partial charge in [0.2, 0.25) is 0 Å². The number of alkyl halides is 1. The molecule has 0 atom stereocenters. The summed E-state index contributed by atoms with van der Waals surface area (Å²) in [5, 5.41) is 0. The zero-order valence-electron chi connectivity index (χ0n) is 5.87. The van der Waals surface area contributed by atoms with Crippen molar-refractivity contribution in [1.29, 1.82) is 0 Å². The van der Waals surface area contributed by atoms with E-state index >= 15 is 0 Å². The quantitative estimate of drug-likeness (QED) is 0.516. The minimum atomic E-state index is -4.74. The van der Waals surface area contributed by atoms with E-state index in [2.05, 4.69) is 4.18 Å². The lowest BCUT2D eigenvalue weighted by atomic mass is 10.2. The maximum absolute atomic E-state index is 10.6. The van der Waals surface area contributed by atoms with Crippen molar-refractivity contribution in [3.8, 4) is 0 Å². The molecule has 0 aliphatic rings. The van der Waals surface area contributed by atoms with Crippen molar-refractivity contribution in [1.82, 2.24) is 0 Å². The van der Waals surface area contributed by atoms with E-state index < -0.39 is 21.2 Å². The Morgan fingerprint density at radius 1 is 1.55 bits per heavy atom. The van der Waals surface area contributed by atoms with Crippen LogP contribution in [0.3, 0.4) is 0 Å². The van der Waals surface area contributed by atoms with Crippen molar-refractivity contribution in [3.63, 3.8) is 0 Å². The first kappa shape index (κ1) is 10.7. The van der Waals surface area contributed by atoms with Crippen LogP contribution in [0.15, 0.2) is 0 Å². The van der Waals surface area contributed by atoms with Crippen LogP contribution in [-0.2, 0) is 19.4 Å². The van der Waals surface area contributed by atoms with E-state index in [-0.39, 0.29) is 0 Å². The van der Waals surface area contributed by atoms with Crippen LogP contribution in [0.2, 0.25) is 0 Å². The van der Waals surface area contributed by atoms with Gasteiger partial charge in [0.05, 0.1) is 0 Å². The monoisotopic (exact) mass is 202 g/mol. The lowest BCUT2D eigenvalue weighted by Gasteiger charge is -2.10. The molecule has 66 valence electrons. The Kier molecular flexibility index (Phi) is 2.87. The molecule has 0 unspecified atom stereocenters. The topological polar surface area (TPSA) is 80.7 Å². The number of carbonyl (C=O) groups is 1. The van der Waals surface area contributed by atoms with E-state index in [4.69, 9.17) is 16.2 Å². The summed E-state index contributed by atoms with van der Waals surface area (Å²) in [5.74, 6) is -1.22. The first-order chi connectivity index (χ1) is 4.63. The normalized spacial score (nSPS) is 12.7. The van der Waals surface area contributed by atoms with Gasteiger partial charge in [0.1, 0.15) is 4.87 Å². The van der Waals surface area contributed by atoms with E-state index in [0.717, 1.165) is 0 Å². The molecule has 0 rings (SSSR count). The number of hydrogen-bond donors (Lipinski definition) is 1. The smallest absolute Gasteiger partial charge is 0.323 e. The third kappa shape index (κ3) is 5.00. The van der Waals surface area contributed by atoms with Crippen LogP contribution in [0.1, 0.15) is 13.8 Å². The highest BCUT2D eigenvalue weighted by atomic mass is 35.5. The highest BCUT2D eigenvalue weighted by Gasteiger charge is 2.29. The van der Waals surface area contributed by atoms with Crippen molar-refractivity contribution in [3.05, 3.63) is 0 Å². The van der Waals surface area contributed by atoms with Crippen LogP contribution in [0.25, 0.3) is 0 Å². The number of rotatable bonds is 2. The minimum Gasteiger partial charge on any atom is -0.323 e. The molecule has 0 aliphatic heterocycles. The van der Waals surface area contributed by atoms with E-state index in [1.807, 2.05) is 0 Å². The van der Waals surface area contributed by atoms with Crippen molar-refractivity contribution < 1.29 is 21.9 Å². The van der Waals surface area contributed by atoms with Gasteiger partial charge < -0.3 is 4.18 Å². The third-order valence-electron chi connectivity index (χ3n) is 0.666. The second-order valence-corrected chi connectivity index (χ2v) is 4.24. The van der Waals surface area contributed by atoms with Gasteiger partial charge in [-0.1, -0.05) is 0 Å². The molecule has 0 saturated heterocycles. The Morgan fingerprint density at radius 2 is 1.91 bits per heavy atom. The van der Waals surface area contributed by atoms with Gasteiger partial charge >= 0.3 is 16.4 Å². The van der Waals surface area contributed by atoms with Crippen LogP contribution in [0.5, 0.6) is 0 Å². The van der Waals surface area contributed by atoms with Gasteiger partial charge in [-0.15, -0.1) is 11.6 Å². The van der Waals surface area contributed by atoms with Crippen molar-refractivity contribution >= 4 is 28.0 Å². The van der Waals surface area contributed by atoms with Crippen LogP contribution in [0.4, 0.5) is 0 Å². The van der Waals surface area contributed by atoms with Gasteiger partial charge in [0.15, 0.2) is 0 Å². The largest absolute Gasteiger partial charge is 0.449 e. The maximum Gasteiger partial charge on any atom is 0.449 e. The standard InChI is InChI=1S/C4H7ClO5S/c1-4(2,5)3(6)10-11(7,8)9/h1-2H3,(H,7,8,9). The molecule has 5 nitrogen and oxygen atoms in total. The van der Waals surface area contributed by atoms with Gasteiger partial charge in [0, 0.05) is 0 Å². The van der Waals surface area contributed by atoms with Crippen molar-refractivity contribution in [2.24, 2.45) is 0 Å². The highest BCUT2D eigenvalue weighted by molar-refractivity contribution is 7.81. The first-order valence-electron chi connectivity index (χ1n) is 2.53. The zero-order valence-corrected chi connectivity index (χ0v) is 7.44. The molecule has 0 fully saturated rings. The van der Waals surface area contributed by atoms with Crippen molar-refractivity contribution in [2.45, 2.75) is 18.7 Å². The molecule has 0 spiro atoms. The Hall–Kier alpha value is -0.330. The highest BCUT2D eigenvalue weighted by Crippen LogP contribution is 2.15. The zero-order chi connectivity index (χ0) is 9.28. The predicted octanol–water partition coefficient (Wildman–Crippen LogP) is 0.350. The lowest BCUT2D eigenvalue weighted by molar-refractivity contribution is -0.136. The number of carbonyl (C=O) groups excluding carboxylic acids is 1. The van der Waals surface area contributed by atoms with Crippen molar-refractivity contribution in [2.75, 3.05) is 0 Å². The Labute approximate surface area is 69.3 Å². The second kappa shape index (κ2) is 2.96. The fourth-order valence-electron chi connectivity index (χ4n) is 0.195. The summed E-state index contributed by atoms with van der Waals surface area (Å²) < 4.78 is 31.5. The molecule has 0 radical (unpaired) electrons. The molecule has 0 saturated carbocycles. The van der Waals surface area contributed by atoms with Gasteiger partial charge in [0.25, 0.3) is 0 Å². The summed E-state index contributed by atoms with van der Waals surface area (Å²) in [6.45, 7) is 2.48. The van der Waals surface area contributed by atoms with Crippen LogP contribution >= 0.6 is 11.6 Å². The molecule has 0 heterocycles. The molecule has 11 heavy (non-hydrogen) atoms. The Morgan fingerprint density at radius 3 is 2.00 bits per heavy atom. The van der Waals surface area contributed by atoms with Gasteiger partial charge in [-0.25, -0.2) is 4.79 Å². The second-order valence-electron chi connectivity index (χ2n) is 2.27. The first-order valence-corrected chi connectivity index (χ1v) is 4.27. The minimum absolute atomic E-state index is 1.22. The SMILES string of the molecule is CC(C)(Cl)C(=O)OS(=O)(=O)O. The molecule has 0 aromatic carbocycles. The Bertz CT molecular complexity index is 248. The molecule has 0 aliphatic carbocycles. The average Bonchev–Trinajstić information content (AvgIpc) is 1.56. The molecular weight excluding hydrogens is 196 g/mol. The molecular formula is C4H7ClO5S. The van der Waals surface area contributed by atoms with Crippen LogP contribution < -0.4 is 0 Å². The summed E-state index contributed by atoms with van der Waals surface area (Å²) >= 11 is 5.34. The summed E-state index contributed by atoms with van der Waals surface area (Å²) in [5.41, 5.74) is 0. The van der Waals surface area contributed by atoms with E-state index in [9.17, 15) is 13.2 Å². The number of halogens is 1. The fourth-order valence-corrected chi connectivity index (χ4v) is 0.679. The van der Waals surface area contributed by atoms with E-state index in [1.54, 1.807) is 0 Å². The maximum atomic E-state index is 10.6. The van der Waals surface area contributed by atoms with Crippen LogP contribution in [0, 0.1) is 0 Å². The fraction of sp³-hybridized carbons (Fsp3) is 0.750. The number of hydrogen-bond acceptors (Lipinski definition) is 4. The summed E-state index contributed by atoms with van der Waals surface area (Å²) in [7, 11) is -4.74. The predicted molar refractivity (Wildman–Crippen MR) is 37.6 cm³/mol. The molecule has 7 heteroatoms.